The Balaban J connectivity index is 2.22. The molecule has 1 atom stereocenters. The Labute approximate surface area is 102 Å². The number of rotatable bonds is 5. The summed E-state index contributed by atoms with van der Waals surface area (Å²) in [6, 6.07) is 8.48. The predicted molar refractivity (Wildman–Crippen MR) is 71.9 cm³/mol. The SMILES string of the molecule is C=CCCN[C@H](C)c1nc2ccccc2n1C. The monoisotopic (exact) mass is 229 g/mol. The van der Waals surface area contributed by atoms with Crippen molar-refractivity contribution >= 4 is 11.0 Å². The fourth-order valence-electron chi connectivity index (χ4n) is 2.04. The number of aromatic nitrogens is 2. The Bertz CT molecular complexity index is 513. The minimum Gasteiger partial charge on any atom is -0.330 e. The summed E-state index contributed by atoms with van der Waals surface area (Å²) in [5.41, 5.74) is 2.24. The smallest absolute Gasteiger partial charge is 0.126 e. The zero-order valence-corrected chi connectivity index (χ0v) is 10.5. The second-order valence-corrected chi connectivity index (χ2v) is 4.27. The van der Waals surface area contributed by atoms with Crippen LogP contribution in [0.25, 0.3) is 11.0 Å². The fraction of sp³-hybridized carbons (Fsp3) is 0.357. The summed E-state index contributed by atoms with van der Waals surface area (Å²) in [5.74, 6) is 1.08. The summed E-state index contributed by atoms with van der Waals surface area (Å²) in [4.78, 5) is 4.67. The van der Waals surface area contributed by atoms with Gasteiger partial charge in [-0.3, -0.25) is 0 Å². The molecule has 1 heterocycles. The molecule has 1 N–H and O–H groups in total. The van der Waals surface area contributed by atoms with Crippen molar-refractivity contribution in [3.05, 3.63) is 42.7 Å². The Kier molecular flexibility index (Phi) is 3.59. The molecule has 0 amide bonds. The Hall–Kier alpha value is -1.61. The number of para-hydroxylation sites is 2. The molecule has 0 saturated heterocycles. The lowest BCUT2D eigenvalue weighted by atomic mass is 10.3. The number of hydrogen-bond acceptors (Lipinski definition) is 2. The Morgan fingerprint density at radius 2 is 2.24 bits per heavy atom. The van der Waals surface area contributed by atoms with Gasteiger partial charge in [0.2, 0.25) is 0 Å². The quantitative estimate of drug-likeness (QED) is 0.631. The summed E-state index contributed by atoms with van der Waals surface area (Å²) in [6.45, 7) is 6.80. The third-order valence-corrected chi connectivity index (χ3v) is 3.01. The zero-order chi connectivity index (χ0) is 12.3. The van der Waals surface area contributed by atoms with E-state index in [9.17, 15) is 0 Å². The van der Waals surface area contributed by atoms with Gasteiger partial charge in [-0.25, -0.2) is 4.98 Å². The average Bonchev–Trinajstić information content (AvgIpc) is 2.68. The van der Waals surface area contributed by atoms with Gasteiger partial charge in [0.1, 0.15) is 5.82 Å². The molecular formula is C14H19N3. The molecule has 90 valence electrons. The Morgan fingerprint density at radius 1 is 1.47 bits per heavy atom. The maximum Gasteiger partial charge on any atom is 0.126 e. The summed E-state index contributed by atoms with van der Waals surface area (Å²) in [6.07, 6.45) is 2.91. The molecule has 0 aliphatic rings. The third kappa shape index (κ3) is 2.39. The molecule has 0 fully saturated rings. The predicted octanol–water partition coefficient (Wildman–Crippen LogP) is 2.80. The topological polar surface area (TPSA) is 29.9 Å². The summed E-state index contributed by atoms with van der Waals surface area (Å²) in [7, 11) is 2.07. The maximum absolute atomic E-state index is 4.67. The van der Waals surface area contributed by atoms with Gasteiger partial charge in [-0.1, -0.05) is 18.2 Å². The number of hydrogen-bond donors (Lipinski definition) is 1. The average molecular weight is 229 g/mol. The number of fused-ring (bicyclic) bond motifs is 1. The van der Waals surface area contributed by atoms with Crippen LogP contribution in [0.3, 0.4) is 0 Å². The molecule has 3 heteroatoms. The molecule has 0 bridgehead atoms. The lowest BCUT2D eigenvalue weighted by Gasteiger charge is -2.12. The van der Waals surface area contributed by atoms with Crippen LogP contribution in [0.4, 0.5) is 0 Å². The highest BCUT2D eigenvalue weighted by molar-refractivity contribution is 5.75. The highest BCUT2D eigenvalue weighted by Crippen LogP contribution is 2.18. The largest absolute Gasteiger partial charge is 0.330 e. The second kappa shape index (κ2) is 5.15. The standard InChI is InChI=1S/C14H19N3/c1-4-5-10-15-11(2)14-16-12-8-6-7-9-13(12)17(14)3/h4,6-9,11,15H,1,5,10H2,2-3H3/t11-/m1/s1. The van der Waals surface area contributed by atoms with Crippen molar-refractivity contribution < 1.29 is 0 Å². The molecular weight excluding hydrogens is 210 g/mol. The minimum atomic E-state index is 0.257. The molecule has 2 rings (SSSR count). The van der Waals surface area contributed by atoms with Gasteiger partial charge in [-0.15, -0.1) is 6.58 Å². The minimum absolute atomic E-state index is 0.257. The Morgan fingerprint density at radius 3 is 2.94 bits per heavy atom. The highest BCUT2D eigenvalue weighted by atomic mass is 15.1. The van der Waals surface area contributed by atoms with E-state index < -0.39 is 0 Å². The van der Waals surface area contributed by atoms with Crippen molar-refractivity contribution in [3.8, 4) is 0 Å². The number of imidazole rings is 1. The lowest BCUT2D eigenvalue weighted by Crippen LogP contribution is -2.22. The van der Waals surface area contributed by atoms with E-state index in [2.05, 4.69) is 47.6 Å². The van der Waals surface area contributed by atoms with Gasteiger partial charge in [0.25, 0.3) is 0 Å². The van der Waals surface area contributed by atoms with E-state index in [0.29, 0.717) is 0 Å². The number of aryl methyl sites for hydroxylation is 1. The van der Waals surface area contributed by atoms with E-state index in [1.807, 2.05) is 18.2 Å². The molecule has 0 aliphatic heterocycles. The van der Waals surface area contributed by atoms with Crippen molar-refractivity contribution in [2.75, 3.05) is 6.54 Å². The van der Waals surface area contributed by atoms with Crippen LogP contribution in [0.5, 0.6) is 0 Å². The first-order valence-electron chi connectivity index (χ1n) is 5.99. The first kappa shape index (κ1) is 11.9. The summed E-state index contributed by atoms with van der Waals surface area (Å²) < 4.78 is 2.15. The molecule has 17 heavy (non-hydrogen) atoms. The van der Waals surface area contributed by atoms with E-state index >= 15 is 0 Å². The third-order valence-electron chi connectivity index (χ3n) is 3.01. The van der Waals surface area contributed by atoms with Crippen LogP contribution in [0.2, 0.25) is 0 Å². The highest BCUT2D eigenvalue weighted by Gasteiger charge is 2.12. The zero-order valence-electron chi connectivity index (χ0n) is 10.5. The summed E-state index contributed by atoms with van der Waals surface area (Å²) in [5, 5.41) is 3.45. The van der Waals surface area contributed by atoms with Crippen LogP contribution in [0, 0.1) is 0 Å². The van der Waals surface area contributed by atoms with Crippen molar-refractivity contribution in [2.45, 2.75) is 19.4 Å². The molecule has 0 spiro atoms. The van der Waals surface area contributed by atoms with Gasteiger partial charge in [0.05, 0.1) is 17.1 Å². The van der Waals surface area contributed by atoms with Crippen molar-refractivity contribution in [3.63, 3.8) is 0 Å². The number of nitrogens with one attached hydrogen (secondary N) is 1. The number of benzene rings is 1. The van der Waals surface area contributed by atoms with Gasteiger partial charge in [0, 0.05) is 7.05 Å². The van der Waals surface area contributed by atoms with Crippen LogP contribution in [0.15, 0.2) is 36.9 Å². The summed E-state index contributed by atoms with van der Waals surface area (Å²) >= 11 is 0. The van der Waals surface area contributed by atoms with Gasteiger partial charge >= 0.3 is 0 Å². The second-order valence-electron chi connectivity index (χ2n) is 4.27. The van der Waals surface area contributed by atoms with Crippen molar-refractivity contribution in [1.82, 2.24) is 14.9 Å². The van der Waals surface area contributed by atoms with E-state index in [1.165, 1.54) is 5.52 Å². The van der Waals surface area contributed by atoms with Crippen molar-refractivity contribution in [2.24, 2.45) is 7.05 Å². The van der Waals surface area contributed by atoms with E-state index in [4.69, 9.17) is 0 Å². The van der Waals surface area contributed by atoms with Gasteiger partial charge in [-0.05, 0) is 32.0 Å². The molecule has 1 aromatic carbocycles. The first-order valence-corrected chi connectivity index (χ1v) is 5.99. The van der Waals surface area contributed by atoms with E-state index in [0.717, 1.165) is 24.3 Å². The molecule has 2 aromatic rings. The molecule has 0 radical (unpaired) electrons. The van der Waals surface area contributed by atoms with Gasteiger partial charge < -0.3 is 9.88 Å². The molecule has 1 aromatic heterocycles. The van der Waals surface area contributed by atoms with Crippen LogP contribution in [-0.4, -0.2) is 16.1 Å². The van der Waals surface area contributed by atoms with Crippen LogP contribution in [0.1, 0.15) is 25.2 Å². The fourth-order valence-corrected chi connectivity index (χ4v) is 2.04. The van der Waals surface area contributed by atoms with Crippen molar-refractivity contribution in [1.29, 1.82) is 0 Å². The van der Waals surface area contributed by atoms with E-state index in [-0.39, 0.29) is 6.04 Å². The molecule has 0 saturated carbocycles. The molecule has 0 aliphatic carbocycles. The van der Waals surface area contributed by atoms with E-state index in [1.54, 1.807) is 0 Å². The first-order chi connectivity index (χ1) is 8.24. The molecule has 3 nitrogen and oxygen atoms in total. The lowest BCUT2D eigenvalue weighted by molar-refractivity contribution is 0.539. The van der Waals surface area contributed by atoms with Gasteiger partial charge in [0.15, 0.2) is 0 Å². The normalized spacial score (nSPS) is 12.8. The number of nitrogens with zero attached hydrogens (tertiary/aromatic N) is 2. The van der Waals surface area contributed by atoms with Crippen LogP contribution >= 0.6 is 0 Å². The van der Waals surface area contributed by atoms with Crippen LogP contribution in [-0.2, 0) is 7.05 Å². The van der Waals surface area contributed by atoms with Gasteiger partial charge in [-0.2, -0.15) is 0 Å². The molecule has 0 unspecified atom stereocenters. The van der Waals surface area contributed by atoms with Crippen LogP contribution < -0.4 is 5.32 Å². The maximum atomic E-state index is 4.67.